The van der Waals surface area contributed by atoms with Crippen LogP contribution in [-0.4, -0.2) is 43.0 Å². The molecule has 1 aliphatic heterocycles. The average Bonchev–Trinajstić information content (AvgIpc) is 2.68. The number of nitrogens with one attached hydrogen (secondary N) is 1. The molecule has 7 heteroatoms. The van der Waals surface area contributed by atoms with E-state index in [0.717, 1.165) is 0 Å². The molecule has 1 aliphatic rings. The van der Waals surface area contributed by atoms with Crippen molar-refractivity contribution < 1.29 is 18.7 Å². The molecule has 5 nitrogen and oxygen atoms in total. The first-order valence-electron chi connectivity index (χ1n) is 8.45. The van der Waals surface area contributed by atoms with E-state index in [1.165, 1.54) is 18.2 Å². The maximum absolute atomic E-state index is 13.5. The van der Waals surface area contributed by atoms with Gasteiger partial charge in [-0.2, -0.15) is 0 Å². The molecule has 1 heterocycles. The van der Waals surface area contributed by atoms with Gasteiger partial charge in [0.15, 0.2) is 0 Å². The molecule has 140 valence electrons. The van der Waals surface area contributed by atoms with Gasteiger partial charge in [0, 0.05) is 17.6 Å². The summed E-state index contributed by atoms with van der Waals surface area (Å²) in [6, 6.07) is 12.8. The summed E-state index contributed by atoms with van der Waals surface area (Å²) in [5.74, 6) is -1.17. The van der Waals surface area contributed by atoms with Gasteiger partial charge in [0.2, 0.25) is 0 Å². The second-order valence-electron chi connectivity index (χ2n) is 5.95. The van der Waals surface area contributed by atoms with Crippen molar-refractivity contribution in [2.24, 2.45) is 0 Å². The lowest BCUT2D eigenvalue weighted by Crippen LogP contribution is -2.44. The molecule has 0 aromatic heterocycles. The Bertz CT molecular complexity index is 879. The Morgan fingerprint density at radius 3 is 2.56 bits per heavy atom. The molecule has 0 aliphatic carbocycles. The smallest absolute Gasteiger partial charge is 0.270 e. The molecule has 1 fully saturated rings. The number of morpholine rings is 1. The van der Waals surface area contributed by atoms with Gasteiger partial charge in [-0.15, -0.1) is 0 Å². The lowest BCUT2D eigenvalue weighted by molar-refractivity contribution is -0.131. The molecule has 2 aromatic rings. The Balaban J connectivity index is 1.90. The van der Waals surface area contributed by atoms with E-state index in [1.54, 1.807) is 41.3 Å². The monoisotopic (exact) mass is 432 g/mol. The topological polar surface area (TPSA) is 58.6 Å². The van der Waals surface area contributed by atoms with Crippen molar-refractivity contribution in [1.82, 2.24) is 10.2 Å². The molecule has 2 amide bonds. The number of hydrogen-bond donors (Lipinski definition) is 1. The summed E-state index contributed by atoms with van der Waals surface area (Å²) in [7, 11) is 0. The molecule has 1 N–H and O–H groups in total. The number of carbonyl (C=O) groups excluding carboxylic acids is 2. The largest absolute Gasteiger partial charge is 0.378 e. The predicted octanol–water partition coefficient (Wildman–Crippen LogP) is 3.22. The third kappa shape index (κ3) is 5.02. The van der Waals surface area contributed by atoms with Crippen molar-refractivity contribution in [2.45, 2.75) is 0 Å². The molecule has 0 bridgehead atoms. The van der Waals surface area contributed by atoms with Crippen LogP contribution in [0.2, 0.25) is 0 Å². The van der Waals surface area contributed by atoms with E-state index in [-0.39, 0.29) is 11.6 Å². The van der Waals surface area contributed by atoms with Gasteiger partial charge in [0.05, 0.1) is 18.8 Å². The molecule has 0 unspecified atom stereocenters. The quantitative estimate of drug-likeness (QED) is 0.754. The van der Waals surface area contributed by atoms with Crippen LogP contribution in [-0.2, 0) is 9.53 Å². The first-order chi connectivity index (χ1) is 13.0. The van der Waals surface area contributed by atoms with Crippen molar-refractivity contribution in [2.75, 3.05) is 26.3 Å². The van der Waals surface area contributed by atoms with E-state index in [0.29, 0.717) is 41.9 Å². The van der Waals surface area contributed by atoms with Gasteiger partial charge in [0.1, 0.15) is 11.5 Å². The van der Waals surface area contributed by atoms with Crippen LogP contribution in [0.3, 0.4) is 0 Å². The number of nitrogens with zero attached hydrogens (tertiary/aromatic N) is 1. The highest BCUT2D eigenvalue weighted by Gasteiger charge is 2.23. The van der Waals surface area contributed by atoms with E-state index >= 15 is 0 Å². The summed E-state index contributed by atoms with van der Waals surface area (Å²) in [6.45, 7) is 1.75. The number of benzene rings is 2. The fraction of sp³-hybridized carbons (Fsp3) is 0.200. The van der Waals surface area contributed by atoms with E-state index in [2.05, 4.69) is 21.2 Å². The zero-order valence-electron chi connectivity index (χ0n) is 14.5. The van der Waals surface area contributed by atoms with Gasteiger partial charge in [-0.3, -0.25) is 9.59 Å². The summed E-state index contributed by atoms with van der Waals surface area (Å²) in [4.78, 5) is 27.2. The number of carbonyl (C=O) groups is 2. The summed E-state index contributed by atoms with van der Waals surface area (Å²) < 4.78 is 19.4. The third-order valence-corrected chi connectivity index (χ3v) is 4.75. The summed E-state index contributed by atoms with van der Waals surface area (Å²) in [5.41, 5.74) is 0.972. The Hall–Kier alpha value is -2.51. The maximum Gasteiger partial charge on any atom is 0.270 e. The number of amides is 2. The van der Waals surface area contributed by atoms with E-state index in [9.17, 15) is 14.0 Å². The highest BCUT2D eigenvalue weighted by molar-refractivity contribution is 9.10. The van der Waals surface area contributed by atoms with Crippen molar-refractivity contribution in [3.63, 3.8) is 0 Å². The molecule has 0 saturated carbocycles. The first kappa shape index (κ1) is 19.3. The summed E-state index contributed by atoms with van der Waals surface area (Å²) >= 11 is 3.34. The van der Waals surface area contributed by atoms with E-state index in [1.807, 2.05) is 0 Å². The number of hydrogen-bond acceptors (Lipinski definition) is 3. The van der Waals surface area contributed by atoms with E-state index < -0.39 is 11.7 Å². The molecule has 3 rings (SSSR count). The van der Waals surface area contributed by atoms with Gasteiger partial charge in [-0.1, -0.05) is 24.3 Å². The van der Waals surface area contributed by atoms with Crippen LogP contribution in [0.4, 0.5) is 4.39 Å². The second kappa shape index (κ2) is 8.92. The van der Waals surface area contributed by atoms with Crippen LogP contribution in [0.5, 0.6) is 0 Å². The van der Waals surface area contributed by atoms with Gasteiger partial charge in [0.25, 0.3) is 11.8 Å². The highest BCUT2D eigenvalue weighted by Crippen LogP contribution is 2.17. The molecule has 0 radical (unpaired) electrons. The minimum atomic E-state index is -0.424. The van der Waals surface area contributed by atoms with Gasteiger partial charge in [-0.05, 0) is 51.8 Å². The van der Waals surface area contributed by atoms with Gasteiger partial charge in [-0.25, -0.2) is 4.39 Å². The van der Waals surface area contributed by atoms with Crippen molar-refractivity contribution in [3.8, 4) is 0 Å². The lowest BCUT2D eigenvalue weighted by Gasteiger charge is -2.28. The fourth-order valence-electron chi connectivity index (χ4n) is 2.69. The Morgan fingerprint density at radius 2 is 1.85 bits per heavy atom. The number of halogens is 2. The molecule has 2 aromatic carbocycles. The van der Waals surface area contributed by atoms with Crippen LogP contribution < -0.4 is 5.32 Å². The van der Waals surface area contributed by atoms with Crippen LogP contribution in [0.15, 0.2) is 58.7 Å². The number of rotatable bonds is 4. The van der Waals surface area contributed by atoms with Crippen molar-refractivity contribution in [3.05, 3.63) is 75.6 Å². The lowest BCUT2D eigenvalue weighted by atomic mass is 10.1. The van der Waals surface area contributed by atoms with Crippen LogP contribution in [0, 0.1) is 5.82 Å². The average molecular weight is 433 g/mol. The normalized spacial score (nSPS) is 14.7. The zero-order chi connectivity index (χ0) is 19.2. The summed E-state index contributed by atoms with van der Waals surface area (Å²) in [6.07, 6.45) is 1.48. The van der Waals surface area contributed by atoms with Gasteiger partial charge >= 0.3 is 0 Å². The molecular formula is C20H18BrFN2O3. The van der Waals surface area contributed by atoms with E-state index in [4.69, 9.17) is 4.74 Å². The Labute approximate surface area is 164 Å². The molecule has 0 atom stereocenters. The van der Waals surface area contributed by atoms with Gasteiger partial charge < -0.3 is 15.0 Å². The summed E-state index contributed by atoms with van der Waals surface area (Å²) in [5, 5.41) is 2.68. The molecule has 27 heavy (non-hydrogen) atoms. The first-order valence-corrected chi connectivity index (χ1v) is 9.24. The molecule has 0 spiro atoms. The zero-order valence-corrected chi connectivity index (χ0v) is 16.0. The maximum atomic E-state index is 13.5. The number of ether oxygens (including phenoxy) is 1. The molecule has 1 saturated heterocycles. The third-order valence-electron chi connectivity index (χ3n) is 4.06. The minimum absolute atomic E-state index is 0.0863. The van der Waals surface area contributed by atoms with Crippen molar-refractivity contribution in [1.29, 1.82) is 0 Å². The predicted molar refractivity (Wildman–Crippen MR) is 103 cm³/mol. The molecular weight excluding hydrogens is 415 g/mol. The van der Waals surface area contributed by atoms with Crippen LogP contribution >= 0.6 is 15.9 Å². The van der Waals surface area contributed by atoms with Crippen LogP contribution in [0.1, 0.15) is 15.9 Å². The SMILES string of the molecule is O=C(N/C(=C\c1cccc(F)c1)C(=O)N1CCOCC1)c1ccccc1Br. The fourth-order valence-corrected chi connectivity index (χ4v) is 3.15. The highest BCUT2D eigenvalue weighted by atomic mass is 79.9. The van der Waals surface area contributed by atoms with Crippen molar-refractivity contribution >= 4 is 33.8 Å². The standard InChI is InChI=1S/C20H18BrFN2O3/c21-17-7-2-1-6-16(17)19(25)23-18(13-14-4-3-5-15(22)12-14)20(26)24-8-10-27-11-9-24/h1-7,12-13H,8-11H2,(H,23,25)/b18-13-. The Morgan fingerprint density at radius 1 is 1.11 bits per heavy atom. The Kier molecular flexibility index (Phi) is 6.36. The minimum Gasteiger partial charge on any atom is -0.378 e. The van der Waals surface area contributed by atoms with Crippen LogP contribution in [0.25, 0.3) is 6.08 Å². The second-order valence-corrected chi connectivity index (χ2v) is 6.81.